The quantitative estimate of drug-likeness (QED) is 0.320. The zero-order valence-corrected chi connectivity index (χ0v) is 22.5. The highest BCUT2D eigenvalue weighted by atomic mass is 79.9. The maximum absolute atomic E-state index is 13.8. The lowest BCUT2D eigenvalue weighted by molar-refractivity contribution is -0.141. The molecule has 3 aromatic carbocycles. The third-order valence-electron chi connectivity index (χ3n) is 6.96. The van der Waals surface area contributed by atoms with E-state index in [2.05, 4.69) is 52.4 Å². The Bertz CT molecular complexity index is 1140. The number of aryl methyl sites for hydroxylation is 2. The number of rotatable bonds is 10. The molecule has 1 saturated carbocycles. The average molecular weight is 548 g/mol. The standard InChI is InChI=1S/C31H35BrN2O2/c1-23-14-16-24(17-15-23)18-19-30(35)34(22-26-10-7-11-27(32)20-26)29(21-25-8-3-2-4-9-25)31(36)33-28-12-5-6-13-28/h2-4,7-11,14-17,20,28-29H,5-6,12-13,18-19,21-22H2,1H3,(H,33,36)/t29-/m0/s1. The van der Waals surface area contributed by atoms with Crippen LogP contribution in [0.5, 0.6) is 0 Å². The van der Waals surface area contributed by atoms with Crippen LogP contribution in [-0.4, -0.2) is 28.8 Å². The lowest BCUT2D eigenvalue weighted by Gasteiger charge is -2.32. The minimum absolute atomic E-state index is 0.00180. The van der Waals surface area contributed by atoms with Gasteiger partial charge < -0.3 is 10.2 Å². The molecule has 3 aromatic rings. The van der Waals surface area contributed by atoms with Crippen LogP contribution < -0.4 is 5.32 Å². The molecule has 4 nitrogen and oxygen atoms in total. The van der Waals surface area contributed by atoms with E-state index < -0.39 is 6.04 Å². The van der Waals surface area contributed by atoms with Crippen LogP contribution in [0.3, 0.4) is 0 Å². The maximum atomic E-state index is 13.8. The first-order valence-electron chi connectivity index (χ1n) is 12.9. The number of hydrogen-bond donors (Lipinski definition) is 1. The van der Waals surface area contributed by atoms with Crippen LogP contribution in [0.25, 0.3) is 0 Å². The molecule has 0 bridgehead atoms. The molecule has 0 radical (unpaired) electrons. The molecular formula is C31H35BrN2O2. The summed E-state index contributed by atoms with van der Waals surface area (Å²) in [4.78, 5) is 29.3. The van der Waals surface area contributed by atoms with Crippen LogP contribution in [0.2, 0.25) is 0 Å². The molecule has 5 heteroatoms. The molecule has 1 aliphatic rings. The van der Waals surface area contributed by atoms with E-state index in [1.54, 1.807) is 4.90 Å². The number of amides is 2. The largest absolute Gasteiger partial charge is 0.352 e. The Kier molecular flexibility index (Phi) is 9.35. The third-order valence-corrected chi connectivity index (χ3v) is 7.46. The summed E-state index contributed by atoms with van der Waals surface area (Å²) in [6, 6.07) is 25.9. The number of halogens is 1. The fraction of sp³-hybridized carbons (Fsp3) is 0.355. The molecule has 36 heavy (non-hydrogen) atoms. The highest BCUT2D eigenvalue weighted by Crippen LogP contribution is 2.22. The van der Waals surface area contributed by atoms with E-state index in [0.29, 0.717) is 25.8 Å². The smallest absolute Gasteiger partial charge is 0.243 e. The molecule has 0 saturated heterocycles. The Morgan fingerprint density at radius 1 is 0.917 bits per heavy atom. The van der Waals surface area contributed by atoms with Crippen molar-refractivity contribution in [3.63, 3.8) is 0 Å². The predicted molar refractivity (Wildman–Crippen MR) is 149 cm³/mol. The molecule has 0 spiro atoms. The number of hydrogen-bond acceptors (Lipinski definition) is 2. The van der Waals surface area contributed by atoms with Crippen molar-refractivity contribution in [2.75, 3.05) is 0 Å². The van der Waals surface area contributed by atoms with Gasteiger partial charge in [-0.3, -0.25) is 9.59 Å². The van der Waals surface area contributed by atoms with E-state index >= 15 is 0 Å². The Morgan fingerprint density at radius 3 is 2.31 bits per heavy atom. The van der Waals surface area contributed by atoms with Crippen molar-refractivity contribution in [3.8, 4) is 0 Å². The number of carbonyl (C=O) groups excluding carboxylic acids is 2. The molecule has 1 aliphatic carbocycles. The van der Waals surface area contributed by atoms with Crippen LogP contribution >= 0.6 is 15.9 Å². The topological polar surface area (TPSA) is 49.4 Å². The van der Waals surface area contributed by atoms with Gasteiger partial charge in [-0.05, 0) is 55.0 Å². The minimum Gasteiger partial charge on any atom is -0.352 e. The second kappa shape index (κ2) is 12.9. The van der Waals surface area contributed by atoms with Gasteiger partial charge in [0.05, 0.1) is 0 Å². The summed E-state index contributed by atoms with van der Waals surface area (Å²) in [5.74, 6) is -0.0533. The SMILES string of the molecule is Cc1ccc(CCC(=O)N(Cc2cccc(Br)c2)[C@@H](Cc2ccccc2)C(=O)NC2CCCC2)cc1. The van der Waals surface area contributed by atoms with Gasteiger partial charge in [0.25, 0.3) is 0 Å². The summed E-state index contributed by atoms with van der Waals surface area (Å²) in [6.07, 6.45) is 5.81. The van der Waals surface area contributed by atoms with Crippen LogP contribution in [0.4, 0.5) is 0 Å². The molecule has 0 heterocycles. The molecule has 1 atom stereocenters. The van der Waals surface area contributed by atoms with E-state index in [4.69, 9.17) is 0 Å². The zero-order chi connectivity index (χ0) is 25.3. The molecule has 4 rings (SSSR count). The normalized spacial score (nSPS) is 14.4. The lowest BCUT2D eigenvalue weighted by atomic mass is 10.0. The Morgan fingerprint density at radius 2 is 1.61 bits per heavy atom. The van der Waals surface area contributed by atoms with Gasteiger partial charge >= 0.3 is 0 Å². The summed E-state index contributed by atoms with van der Waals surface area (Å²) < 4.78 is 0.960. The molecule has 0 unspecified atom stereocenters. The Labute approximate surface area is 223 Å². The van der Waals surface area contributed by atoms with Gasteiger partial charge in [-0.1, -0.05) is 101 Å². The van der Waals surface area contributed by atoms with Crippen LogP contribution in [0, 0.1) is 6.92 Å². The van der Waals surface area contributed by atoms with E-state index in [0.717, 1.165) is 46.8 Å². The summed E-state index contributed by atoms with van der Waals surface area (Å²) in [5, 5.41) is 3.27. The number of benzene rings is 3. The molecule has 0 aromatic heterocycles. The zero-order valence-electron chi connectivity index (χ0n) is 21.0. The van der Waals surface area contributed by atoms with Gasteiger partial charge in [-0.2, -0.15) is 0 Å². The van der Waals surface area contributed by atoms with Crippen LogP contribution in [0.15, 0.2) is 83.3 Å². The highest BCUT2D eigenvalue weighted by Gasteiger charge is 2.32. The lowest BCUT2D eigenvalue weighted by Crippen LogP contribution is -2.52. The van der Waals surface area contributed by atoms with E-state index in [-0.39, 0.29) is 17.9 Å². The summed E-state index contributed by atoms with van der Waals surface area (Å²) in [5.41, 5.74) is 4.38. The summed E-state index contributed by atoms with van der Waals surface area (Å²) in [7, 11) is 0. The molecule has 188 valence electrons. The van der Waals surface area contributed by atoms with Crippen LogP contribution in [0.1, 0.15) is 54.4 Å². The van der Waals surface area contributed by atoms with Gasteiger partial charge in [0.2, 0.25) is 11.8 Å². The second-order valence-corrected chi connectivity index (χ2v) is 10.7. The molecule has 0 aliphatic heterocycles. The second-order valence-electron chi connectivity index (χ2n) is 9.83. The predicted octanol–water partition coefficient (Wildman–Crippen LogP) is 6.39. The number of carbonyl (C=O) groups is 2. The molecule has 1 fully saturated rings. The van der Waals surface area contributed by atoms with E-state index in [1.165, 1.54) is 5.56 Å². The third kappa shape index (κ3) is 7.54. The molecular weight excluding hydrogens is 512 g/mol. The van der Waals surface area contributed by atoms with Gasteiger partial charge in [0, 0.05) is 29.9 Å². The fourth-order valence-electron chi connectivity index (χ4n) is 4.90. The van der Waals surface area contributed by atoms with Gasteiger partial charge in [0.15, 0.2) is 0 Å². The van der Waals surface area contributed by atoms with Gasteiger partial charge in [-0.25, -0.2) is 0 Å². The minimum atomic E-state index is -0.572. The van der Waals surface area contributed by atoms with Crippen molar-refractivity contribution in [1.29, 1.82) is 0 Å². The van der Waals surface area contributed by atoms with Crippen molar-refractivity contribution < 1.29 is 9.59 Å². The van der Waals surface area contributed by atoms with Crippen molar-refractivity contribution in [1.82, 2.24) is 10.2 Å². The maximum Gasteiger partial charge on any atom is 0.243 e. The first-order chi connectivity index (χ1) is 17.5. The van der Waals surface area contributed by atoms with E-state index in [1.807, 2.05) is 54.6 Å². The number of nitrogens with zero attached hydrogens (tertiary/aromatic N) is 1. The molecule has 2 amide bonds. The van der Waals surface area contributed by atoms with Gasteiger partial charge in [0.1, 0.15) is 6.04 Å². The fourth-order valence-corrected chi connectivity index (χ4v) is 5.35. The summed E-state index contributed by atoms with van der Waals surface area (Å²) >= 11 is 3.55. The van der Waals surface area contributed by atoms with Crippen molar-refractivity contribution in [2.24, 2.45) is 0 Å². The van der Waals surface area contributed by atoms with Gasteiger partial charge in [-0.15, -0.1) is 0 Å². The summed E-state index contributed by atoms with van der Waals surface area (Å²) in [6.45, 7) is 2.45. The van der Waals surface area contributed by atoms with Crippen molar-refractivity contribution in [3.05, 3.63) is 106 Å². The first kappa shape index (κ1) is 26.2. The van der Waals surface area contributed by atoms with Crippen molar-refractivity contribution in [2.45, 2.75) is 70.5 Å². The van der Waals surface area contributed by atoms with Crippen LogP contribution in [-0.2, 0) is 29.0 Å². The first-order valence-corrected chi connectivity index (χ1v) is 13.7. The number of nitrogens with one attached hydrogen (secondary N) is 1. The van der Waals surface area contributed by atoms with E-state index in [9.17, 15) is 9.59 Å². The highest BCUT2D eigenvalue weighted by molar-refractivity contribution is 9.10. The monoisotopic (exact) mass is 546 g/mol. The van der Waals surface area contributed by atoms with Crippen molar-refractivity contribution >= 4 is 27.7 Å². The average Bonchev–Trinajstić information content (AvgIpc) is 3.39. The Hall–Kier alpha value is -2.92. The molecule has 1 N–H and O–H groups in total. The Balaban J connectivity index is 1.60.